The number of nitrogens with two attached hydrogens (primary N) is 1. The summed E-state index contributed by atoms with van der Waals surface area (Å²) in [5.41, 5.74) is 6.49. The van der Waals surface area contributed by atoms with E-state index in [0.717, 1.165) is 5.56 Å². The summed E-state index contributed by atoms with van der Waals surface area (Å²) in [5, 5.41) is 14.1. The molecule has 5 N–H and O–H groups in total. The summed E-state index contributed by atoms with van der Waals surface area (Å²) in [6, 6.07) is 5.74. The Hall–Kier alpha value is -2.94. The number of hydrogen-bond acceptors (Lipinski definition) is 5. The lowest BCUT2D eigenvalue weighted by molar-refractivity contribution is -0.144. The van der Waals surface area contributed by atoms with Gasteiger partial charge in [0.25, 0.3) is 0 Å². The fourth-order valence-electron chi connectivity index (χ4n) is 3.23. The van der Waals surface area contributed by atoms with E-state index in [9.17, 15) is 19.2 Å². The lowest BCUT2D eigenvalue weighted by atomic mass is 10.0. The third kappa shape index (κ3) is 6.02. The SMILES string of the molecule is CC(N)C(=O)NC(Cc1ccccc1)C(=O)N1CCCC1C(=O)NC(C)C(=O)O. The van der Waals surface area contributed by atoms with Crippen LogP contribution in [0.15, 0.2) is 30.3 Å². The summed E-state index contributed by atoms with van der Waals surface area (Å²) < 4.78 is 0. The van der Waals surface area contributed by atoms with Crippen molar-refractivity contribution < 1.29 is 24.3 Å². The van der Waals surface area contributed by atoms with Gasteiger partial charge in [-0.2, -0.15) is 0 Å². The minimum Gasteiger partial charge on any atom is -0.480 e. The fraction of sp³-hybridized carbons (Fsp3) is 0.500. The smallest absolute Gasteiger partial charge is 0.325 e. The molecular formula is C20H28N4O5. The van der Waals surface area contributed by atoms with Crippen molar-refractivity contribution in [1.82, 2.24) is 15.5 Å². The van der Waals surface area contributed by atoms with E-state index in [2.05, 4.69) is 10.6 Å². The Bertz CT molecular complexity index is 752. The third-order valence-electron chi connectivity index (χ3n) is 4.88. The Balaban J connectivity index is 2.18. The van der Waals surface area contributed by atoms with Crippen LogP contribution in [0.4, 0.5) is 0 Å². The van der Waals surface area contributed by atoms with Crippen molar-refractivity contribution in [1.29, 1.82) is 0 Å². The van der Waals surface area contributed by atoms with Crippen LogP contribution in [0.1, 0.15) is 32.3 Å². The molecule has 0 bridgehead atoms. The average molecular weight is 404 g/mol. The molecule has 0 aliphatic carbocycles. The Kier molecular flexibility index (Phi) is 7.72. The van der Waals surface area contributed by atoms with E-state index in [0.29, 0.717) is 19.4 Å². The first-order chi connectivity index (χ1) is 13.7. The van der Waals surface area contributed by atoms with Gasteiger partial charge >= 0.3 is 5.97 Å². The lowest BCUT2D eigenvalue weighted by Crippen LogP contribution is -2.56. The number of nitrogens with one attached hydrogen (secondary N) is 2. The number of aliphatic carboxylic acids is 1. The average Bonchev–Trinajstić information content (AvgIpc) is 3.17. The van der Waals surface area contributed by atoms with Gasteiger partial charge in [0, 0.05) is 13.0 Å². The highest BCUT2D eigenvalue weighted by Gasteiger charge is 2.38. The third-order valence-corrected chi connectivity index (χ3v) is 4.88. The minimum absolute atomic E-state index is 0.258. The van der Waals surface area contributed by atoms with Gasteiger partial charge in [-0.15, -0.1) is 0 Å². The number of carboxylic acid groups (broad SMARTS) is 1. The number of carbonyl (C=O) groups excluding carboxylic acids is 3. The monoisotopic (exact) mass is 404 g/mol. The number of likely N-dealkylation sites (tertiary alicyclic amines) is 1. The van der Waals surface area contributed by atoms with Crippen LogP contribution < -0.4 is 16.4 Å². The first-order valence-electron chi connectivity index (χ1n) is 9.64. The molecule has 1 saturated heterocycles. The highest BCUT2D eigenvalue weighted by Crippen LogP contribution is 2.20. The molecule has 3 amide bonds. The van der Waals surface area contributed by atoms with Crippen molar-refractivity contribution in [2.75, 3.05) is 6.54 Å². The van der Waals surface area contributed by atoms with Crippen LogP contribution in [0.3, 0.4) is 0 Å². The van der Waals surface area contributed by atoms with E-state index in [1.165, 1.54) is 18.7 Å². The second kappa shape index (κ2) is 10.0. The number of hydrogen-bond donors (Lipinski definition) is 4. The Morgan fingerprint density at radius 2 is 1.83 bits per heavy atom. The van der Waals surface area contributed by atoms with Gasteiger partial charge < -0.3 is 26.4 Å². The molecule has 1 aliphatic rings. The van der Waals surface area contributed by atoms with E-state index < -0.39 is 42.0 Å². The van der Waals surface area contributed by atoms with Gasteiger partial charge in [0.1, 0.15) is 18.1 Å². The van der Waals surface area contributed by atoms with Crippen molar-refractivity contribution in [2.24, 2.45) is 5.73 Å². The summed E-state index contributed by atoms with van der Waals surface area (Å²) in [4.78, 5) is 50.3. The minimum atomic E-state index is -1.15. The van der Waals surface area contributed by atoms with Gasteiger partial charge in [0.15, 0.2) is 0 Å². The van der Waals surface area contributed by atoms with Crippen LogP contribution in [-0.4, -0.2) is 64.4 Å². The van der Waals surface area contributed by atoms with Gasteiger partial charge in [-0.3, -0.25) is 19.2 Å². The number of nitrogens with zero attached hydrogens (tertiary/aromatic N) is 1. The molecule has 9 nitrogen and oxygen atoms in total. The second-order valence-corrected chi connectivity index (χ2v) is 7.30. The molecule has 158 valence electrons. The summed E-state index contributed by atoms with van der Waals surface area (Å²) in [7, 11) is 0. The molecular weight excluding hydrogens is 376 g/mol. The number of benzene rings is 1. The topological polar surface area (TPSA) is 142 Å². The fourth-order valence-corrected chi connectivity index (χ4v) is 3.23. The normalized spacial score (nSPS) is 19.1. The van der Waals surface area contributed by atoms with Crippen LogP contribution in [0.2, 0.25) is 0 Å². The number of amides is 3. The Morgan fingerprint density at radius 3 is 2.41 bits per heavy atom. The molecule has 4 atom stereocenters. The van der Waals surface area contributed by atoms with E-state index in [1.807, 2.05) is 30.3 Å². The molecule has 9 heteroatoms. The molecule has 2 rings (SSSR count). The molecule has 0 aromatic heterocycles. The standard InChI is InChI=1S/C20H28N4O5/c1-12(21)17(25)23-15(11-14-7-4-3-5-8-14)19(27)24-10-6-9-16(24)18(26)22-13(2)20(28)29/h3-5,7-8,12-13,15-16H,6,9-11,21H2,1-2H3,(H,22,26)(H,23,25)(H,28,29). The van der Waals surface area contributed by atoms with Gasteiger partial charge in [-0.1, -0.05) is 30.3 Å². The Morgan fingerprint density at radius 1 is 1.17 bits per heavy atom. The maximum Gasteiger partial charge on any atom is 0.325 e. The zero-order valence-corrected chi connectivity index (χ0v) is 16.6. The zero-order valence-electron chi connectivity index (χ0n) is 16.6. The number of carbonyl (C=O) groups is 4. The van der Waals surface area contributed by atoms with E-state index in [1.54, 1.807) is 0 Å². The summed E-state index contributed by atoms with van der Waals surface area (Å²) in [5.74, 6) is -2.51. The lowest BCUT2D eigenvalue weighted by Gasteiger charge is -2.29. The van der Waals surface area contributed by atoms with Crippen molar-refractivity contribution >= 4 is 23.7 Å². The van der Waals surface area contributed by atoms with E-state index in [-0.39, 0.29) is 12.3 Å². The Labute approximate surface area is 169 Å². The summed E-state index contributed by atoms with van der Waals surface area (Å²) >= 11 is 0. The van der Waals surface area contributed by atoms with Crippen LogP contribution in [-0.2, 0) is 25.6 Å². The van der Waals surface area contributed by atoms with Crippen molar-refractivity contribution in [3.05, 3.63) is 35.9 Å². The van der Waals surface area contributed by atoms with Crippen LogP contribution in [0, 0.1) is 0 Å². The molecule has 1 aliphatic heterocycles. The molecule has 0 spiro atoms. The molecule has 1 aromatic carbocycles. The first kappa shape index (κ1) is 22.4. The maximum atomic E-state index is 13.2. The predicted octanol–water partition coefficient (Wildman–Crippen LogP) is -0.359. The summed E-state index contributed by atoms with van der Waals surface area (Å²) in [6.07, 6.45) is 1.31. The molecule has 0 saturated carbocycles. The van der Waals surface area contributed by atoms with Gasteiger partial charge in [0.2, 0.25) is 17.7 Å². The largest absolute Gasteiger partial charge is 0.480 e. The van der Waals surface area contributed by atoms with Crippen molar-refractivity contribution in [3.63, 3.8) is 0 Å². The summed E-state index contributed by atoms with van der Waals surface area (Å²) in [6.45, 7) is 3.25. The van der Waals surface area contributed by atoms with E-state index >= 15 is 0 Å². The first-order valence-corrected chi connectivity index (χ1v) is 9.64. The highest BCUT2D eigenvalue weighted by atomic mass is 16.4. The molecule has 29 heavy (non-hydrogen) atoms. The highest BCUT2D eigenvalue weighted by molar-refractivity contribution is 5.94. The van der Waals surface area contributed by atoms with Crippen LogP contribution >= 0.6 is 0 Å². The molecule has 4 unspecified atom stereocenters. The number of carboxylic acids is 1. The number of rotatable bonds is 8. The molecule has 0 radical (unpaired) electrons. The maximum absolute atomic E-state index is 13.2. The van der Waals surface area contributed by atoms with Crippen molar-refractivity contribution in [2.45, 2.75) is 57.3 Å². The van der Waals surface area contributed by atoms with Gasteiger partial charge in [-0.25, -0.2) is 0 Å². The van der Waals surface area contributed by atoms with Gasteiger partial charge in [0.05, 0.1) is 6.04 Å². The quantitative estimate of drug-likeness (QED) is 0.466. The molecule has 1 heterocycles. The molecule has 1 aromatic rings. The van der Waals surface area contributed by atoms with Crippen LogP contribution in [0.25, 0.3) is 0 Å². The predicted molar refractivity (Wildman–Crippen MR) is 106 cm³/mol. The van der Waals surface area contributed by atoms with E-state index in [4.69, 9.17) is 10.8 Å². The van der Waals surface area contributed by atoms with Crippen molar-refractivity contribution in [3.8, 4) is 0 Å². The second-order valence-electron chi connectivity index (χ2n) is 7.30. The zero-order chi connectivity index (χ0) is 21.6. The van der Waals surface area contributed by atoms with Crippen LogP contribution in [0.5, 0.6) is 0 Å². The molecule has 1 fully saturated rings. The van der Waals surface area contributed by atoms with Gasteiger partial charge in [-0.05, 0) is 32.3 Å².